The molecule has 0 unspecified atom stereocenters. The number of nitrogens with zero attached hydrogens (tertiary/aromatic N) is 2. The molecule has 8 heteroatoms. The van der Waals surface area contributed by atoms with Gasteiger partial charge in [0.2, 0.25) is 21.6 Å². The van der Waals surface area contributed by atoms with E-state index in [2.05, 4.69) is 70.9 Å². The molecule has 448 valence electrons. The van der Waals surface area contributed by atoms with Gasteiger partial charge in [-0.15, -0.1) is 21.5 Å². The van der Waals surface area contributed by atoms with Crippen molar-refractivity contribution in [3.63, 3.8) is 0 Å². The first kappa shape index (κ1) is 81.3. The first-order valence-corrected chi connectivity index (χ1v) is 32.9. The molecule has 0 fully saturated rings. The first-order chi connectivity index (χ1) is 40.5. The Balaban J connectivity index is -0.000000441. The van der Waals surface area contributed by atoms with Crippen LogP contribution in [0.25, 0.3) is 76.1 Å². The van der Waals surface area contributed by atoms with Gasteiger partial charge in [-0.2, -0.15) is 0 Å². The Morgan fingerprint density at radius 1 is 0.280 bits per heavy atom. The van der Waals surface area contributed by atoms with E-state index in [1.807, 2.05) is 299 Å². The average Bonchev–Trinajstić information content (AvgIpc) is 4.49. The molecule has 11 aromatic rings. The van der Waals surface area contributed by atoms with Gasteiger partial charge in [0.15, 0.2) is 0 Å². The van der Waals surface area contributed by atoms with Crippen LogP contribution in [-0.2, 0) is 9.84 Å². The lowest BCUT2D eigenvalue weighted by atomic mass is 10.1. The number of sulfone groups is 1. The Morgan fingerprint density at radius 3 is 0.866 bits per heavy atom. The van der Waals surface area contributed by atoms with Crippen LogP contribution in [0.3, 0.4) is 0 Å². The van der Waals surface area contributed by atoms with Crippen LogP contribution in [0.2, 0.25) is 0 Å². The van der Waals surface area contributed by atoms with Crippen molar-refractivity contribution in [2.24, 2.45) is 0 Å². The van der Waals surface area contributed by atoms with Crippen LogP contribution in [0.1, 0.15) is 166 Å². The van der Waals surface area contributed by atoms with E-state index >= 15 is 0 Å². The number of aromatic nitrogens is 2. The minimum Gasteiger partial charge on any atom is -0.456 e. The third kappa shape index (κ3) is 24.5. The van der Waals surface area contributed by atoms with E-state index in [1.165, 1.54) is 30.9 Å². The van der Waals surface area contributed by atoms with Gasteiger partial charge < -0.3 is 8.83 Å². The zero-order chi connectivity index (χ0) is 63.3. The summed E-state index contributed by atoms with van der Waals surface area (Å²) >= 11 is 1.86. The summed E-state index contributed by atoms with van der Waals surface area (Å²) in [5.41, 5.74) is 5.41. The van der Waals surface area contributed by atoms with E-state index in [1.54, 1.807) is 24.3 Å². The highest BCUT2D eigenvalue weighted by Crippen LogP contribution is 2.42. The zero-order valence-electron chi connectivity index (χ0n) is 55.0. The average molecular weight is 1150 g/mol. The Bertz CT molecular complexity index is 2950. The number of furan rings is 1. The number of thiophene rings is 1. The van der Waals surface area contributed by atoms with Crippen LogP contribution < -0.4 is 0 Å². The molecular formula is C74H106N2O4S2. The summed E-state index contributed by atoms with van der Waals surface area (Å²) in [6.07, 6.45) is 0. The van der Waals surface area contributed by atoms with Crippen molar-refractivity contribution in [3.05, 3.63) is 206 Å². The summed E-state index contributed by atoms with van der Waals surface area (Å²) < 4.78 is 38.2. The number of hydrogen-bond acceptors (Lipinski definition) is 7. The Kier molecular flexibility index (Phi) is 52.8. The third-order valence-electron chi connectivity index (χ3n) is 9.68. The van der Waals surface area contributed by atoms with Crippen LogP contribution >= 0.6 is 11.3 Å². The summed E-state index contributed by atoms with van der Waals surface area (Å²) in [5.74, 6) is 1.09. The van der Waals surface area contributed by atoms with Crippen LogP contribution in [0.15, 0.2) is 225 Å². The quantitative estimate of drug-likeness (QED) is 0.171. The minimum absolute atomic E-state index is 0.422. The van der Waals surface area contributed by atoms with Gasteiger partial charge in [-0.3, -0.25) is 0 Å². The van der Waals surface area contributed by atoms with Crippen LogP contribution in [0, 0.1) is 0 Å². The molecule has 0 saturated heterocycles. The lowest BCUT2D eigenvalue weighted by Crippen LogP contribution is -1.95. The lowest BCUT2D eigenvalue weighted by Gasteiger charge is -1.95. The maximum Gasteiger partial charge on any atom is 0.248 e. The maximum atomic E-state index is 12.1. The molecule has 0 atom stereocenters. The molecule has 1 aliphatic rings. The first-order valence-electron chi connectivity index (χ1n) is 30.6. The minimum atomic E-state index is -3.26. The van der Waals surface area contributed by atoms with Crippen molar-refractivity contribution in [1.82, 2.24) is 10.2 Å². The molecule has 0 saturated carbocycles. The van der Waals surface area contributed by atoms with E-state index in [9.17, 15) is 8.42 Å². The number of rotatable bonds is 2. The van der Waals surface area contributed by atoms with E-state index in [-0.39, 0.29) is 0 Å². The molecular weight excluding hydrogens is 1040 g/mol. The number of benzene rings is 8. The monoisotopic (exact) mass is 1150 g/mol. The van der Waals surface area contributed by atoms with Crippen molar-refractivity contribution in [1.29, 1.82) is 0 Å². The molecule has 0 amide bonds. The highest BCUT2D eigenvalue weighted by atomic mass is 32.2. The SMILES string of the molecule is CC.CC.CC.CC.CC.CC.CC.CC.CC.CC.CC.CC.O=S1(=O)c2ccccc2-c2ccccc21.c1ccc(-c2nnc(-c3ccccc3)o2)cc1.c1ccc2c(c1)oc1ccccc12.c1ccc2c(c1)sc1ccccc12. The normalized spacial score (nSPS) is 9.41. The molecule has 6 nitrogen and oxygen atoms in total. The van der Waals surface area contributed by atoms with E-state index in [4.69, 9.17) is 8.83 Å². The largest absolute Gasteiger partial charge is 0.456 e. The van der Waals surface area contributed by atoms with Crippen molar-refractivity contribution < 1.29 is 17.3 Å². The molecule has 82 heavy (non-hydrogen) atoms. The summed E-state index contributed by atoms with van der Waals surface area (Å²) in [7, 11) is -3.26. The number of hydrogen-bond donors (Lipinski definition) is 0. The molecule has 1 aliphatic heterocycles. The molecule has 3 aromatic heterocycles. The van der Waals surface area contributed by atoms with Gasteiger partial charge in [0.1, 0.15) is 11.2 Å². The van der Waals surface area contributed by atoms with Gasteiger partial charge >= 0.3 is 0 Å². The predicted molar refractivity (Wildman–Crippen MR) is 372 cm³/mol. The molecule has 8 aromatic carbocycles. The standard InChI is InChI=1S/C14H10N2O.C12H8O2S.C12H8O.C12H8S.12C2H6/c1-3-7-11(8-4-1)13-15-16-14(17-13)12-9-5-2-6-10-12;13-15(14)11-7-3-1-5-9(11)10-6-2-4-8-12(10)15;2*1-3-7-11-9(5-1)10-6-2-4-8-12(10)13-11;12*1-2/h1-10H;1-8H;2*1-8H;12*1-2H3. The molecule has 0 aliphatic carbocycles. The van der Waals surface area contributed by atoms with E-state index in [0.717, 1.165) is 33.4 Å². The lowest BCUT2D eigenvalue weighted by molar-refractivity contribution is 0.584. The van der Waals surface area contributed by atoms with Gasteiger partial charge in [-0.1, -0.05) is 312 Å². The predicted octanol–water partition coefficient (Wildman–Crippen LogP) is 25.9. The van der Waals surface area contributed by atoms with E-state index < -0.39 is 9.84 Å². The van der Waals surface area contributed by atoms with Crippen molar-refractivity contribution >= 4 is 63.3 Å². The van der Waals surface area contributed by atoms with Crippen molar-refractivity contribution in [2.45, 2.75) is 176 Å². The van der Waals surface area contributed by atoms with Gasteiger partial charge in [-0.05, 0) is 60.7 Å². The van der Waals surface area contributed by atoms with Crippen molar-refractivity contribution in [3.8, 4) is 34.0 Å². The Morgan fingerprint density at radius 2 is 0.537 bits per heavy atom. The van der Waals surface area contributed by atoms with Gasteiger partial charge in [0.25, 0.3) is 0 Å². The highest BCUT2D eigenvalue weighted by molar-refractivity contribution is 7.92. The fourth-order valence-electron chi connectivity index (χ4n) is 6.93. The van der Waals surface area contributed by atoms with Gasteiger partial charge in [0.05, 0.1) is 9.79 Å². The van der Waals surface area contributed by atoms with Crippen LogP contribution in [-0.4, -0.2) is 18.6 Å². The van der Waals surface area contributed by atoms with Crippen LogP contribution in [0.5, 0.6) is 0 Å². The maximum absolute atomic E-state index is 12.1. The smallest absolute Gasteiger partial charge is 0.248 e. The molecule has 0 radical (unpaired) electrons. The van der Waals surface area contributed by atoms with Crippen LogP contribution in [0.4, 0.5) is 0 Å². The summed E-state index contributed by atoms with van der Waals surface area (Å²) in [6, 6.07) is 67.0. The molecule has 0 bridgehead atoms. The second kappa shape index (κ2) is 53.2. The number of para-hydroxylation sites is 2. The second-order valence-corrected chi connectivity index (χ2v) is 16.3. The molecule has 12 rings (SSSR count). The fraction of sp³-hybridized carbons (Fsp3) is 0.324. The fourth-order valence-corrected chi connectivity index (χ4v) is 9.73. The summed E-state index contributed by atoms with van der Waals surface area (Å²) in [4.78, 5) is 0.845. The molecule has 0 spiro atoms. The second-order valence-electron chi connectivity index (χ2n) is 13.3. The zero-order valence-corrected chi connectivity index (χ0v) is 56.6. The van der Waals surface area contributed by atoms with Gasteiger partial charge in [0, 0.05) is 53.2 Å². The summed E-state index contributed by atoms with van der Waals surface area (Å²) in [5, 5.41) is 13.2. The topological polar surface area (TPSA) is 86.2 Å². The molecule has 0 N–H and O–H groups in total. The Labute approximate surface area is 504 Å². The number of fused-ring (bicyclic) bond motifs is 9. The summed E-state index contributed by atoms with van der Waals surface area (Å²) in [6.45, 7) is 48.0. The molecule has 4 heterocycles. The van der Waals surface area contributed by atoms with Gasteiger partial charge in [-0.25, -0.2) is 8.42 Å². The Hall–Kier alpha value is -7.13. The van der Waals surface area contributed by atoms with Crippen molar-refractivity contribution in [2.75, 3.05) is 0 Å². The highest BCUT2D eigenvalue weighted by Gasteiger charge is 2.31. The third-order valence-corrected chi connectivity index (χ3v) is 12.7. The van der Waals surface area contributed by atoms with E-state index in [0.29, 0.717) is 21.6 Å².